The summed E-state index contributed by atoms with van der Waals surface area (Å²) < 4.78 is 16.1. The lowest BCUT2D eigenvalue weighted by atomic mass is 10.0. The first-order valence-corrected chi connectivity index (χ1v) is 7.55. The molecule has 2 amide bonds. The summed E-state index contributed by atoms with van der Waals surface area (Å²) in [6.45, 7) is 2.85. The maximum Gasteiger partial charge on any atom is 0.254 e. The molecule has 7 heteroatoms. The van der Waals surface area contributed by atoms with E-state index in [1.54, 1.807) is 11.0 Å². The number of likely N-dealkylation sites (tertiary alicyclic amines) is 1. The van der Waals surface area contributed by atoms with Crippen molar-refractivity contribution in [3.05, 3.63) is 24.2 Å². The van der Waals surface area contributed by atoms with E-state index in [1.165, 1.54) is 12.5 Å². The Kier molecular flexibility index (Phi) is 4.44. The molecule has 2 aliphatic heterocycles. The molecule has 0 aliphatic carbocycles. The molecule has 0 saturated carbocycles. The van der Waals surface area contributed by atoms with Gasteiger partial charge >= 0.3 is 0 Å². The average molecular weight is 308 g/mol. The number of nitrogens with one attached hydrogen (secondary N) is 1. The normalized spacial score (nSPS) is 20.3. The van der Waals surface area contributed by atoms with Gasteiger partial charge in [-0.1, -0.05) is 0 Å². The molecule has 0 atom stereocenters. The Balaban J connectivity index is 1.38. The number of furan rings is 1. The van der Waals surface area contributed by atoms with Crippen LogP contribution in [-0.2, 0) is 14.3 Å². The highest BCUT2D eigenvalue weighted by Gasteiger charge is 2.40. The van der Waals surface area contributed by atoms with Gasteiger partial charge in [0.1, 0.15) is 6.26 Å². The number of carbonyl (C=O) groups is 2. The van der Waals surface area contributed by atoms with Crippen molar-refractivity contribution in [2.45, 2.75) is 25.0 Å². The molecule has 1 N–H and O–H groups in total. The highest BCUT2D eigenvalue weighted by atomic mass is 16.7. The van der Waals surface area contributed by atoms with Crippen LogP contribution in [0.2, 0.25) is 0 Å². The fourth-order valence-electron chi connectivity index (χ4n) is 2.82. The van der Waals surface area contributed by atoms with E-state index in [2.05, 4.69) is 5.32 Å². The number of hydrogen-bond donors (Lipinski definition) is 1. The fraction of sp³-hybridized carbons (Fsp3) is 0.600. The van der Waals surface area contributed by atoms with Crippen LogP contribution in [0.4, 0.5) is 0 Å². The number of carbonyl (C=O) groups excluding carboxylic acids is 2. The molecule has 0 radical (unpaired) electrons. The monoisotopic (exact) mass is 308 g/mol. The third kappa shape index (κ3) is 3.31. The van der Waals surface area contributed by atoms with Crippen molar-refractivity contribution in [2.75, 3.05) is 32.8 Å². The largest absolute Gasteiger partial charge is 0.472 e. The molecule has 1 spiro atoms. The molecule has 22 heavy (non-hydrogen) atoms. The quantitative estimate of drug-likeness (QED) is 0.888. The van der Waals surface area contributed by atoms with Crippen molar-refractivity contribution >= 4 is 11.8 Å². The lowest BCUT2D eigenvalue weighted by Crippen LogP contribution is -2.47. The van der Waals surface area contributed by atoms with Crippen LogP contribution in [0.3, 0.4) is 0 Å². The van der Waals surface area contributed by atoms with E-state index >= 15 is 0 Å². The van der Waals surface area contributed by atoms with Crippen molar-refractivity contribution in [3.63, 3.8) is 0 Å². The van der Waals surface area contributed by atoms with Gasteiger partial charge in [0.05, 0.1) is 25.0 Å². The Morgan fingerprint density at radius 3 is 2.59 bits per heavy atom. The van der Waals surface area contributed by atoms with E-state index in [4.69, 9.17) is 13.9 Å². The average Bonchev–Trinajstić information content (AvgIpc) is 3.20. The molecule has 7 nitrogen and oxygen atoms in total. The summed E-state index contributed by atoms with van der Waals surface area (Å²) in [5, 5.41) is 2.71. The molecule has 1 aromatic heterocycles. The predicted molar refractivity (Wildman–Crippen MR) is 76.1 cm³/mol. The summed E-state index contributed by atoms with van der Waals surface area (Å²) in [5.74, 6) is -0.654. The first-order chi connectivity index (χ1) is 10.7. The first-order valence-electron chi connectivity index (χ1n) is 7.55. The maximum atomic E-state index is 12.1. The summed E-state index contributed by atoms with van der Waals surface area (Å²) >= 11 is 0. The lowest BCUT2D eigenvalue weighted by molar-refractivity contribution is -0.187. The van der Waals surface area contributed by atoms with E-state index in [0.29, 0.717) is 51.3 Å². The van der Waals surface area contributed by atoms with Crippen LogP contribution in [0.1, 0.15) is 29.6 Å². The Hall–Kier alpha value is -1.86. The molecule has 0 unspecified atom stereocenters. The van der Waals surface area contributed by atoms with Crippen LogP contribution in [0, 0.1) is 0 Å². The zero-order valence-corrected chi connectivity index (χ0v) is 12.4. The van der Waals surface area contributed by atoms with E-state index in [0.717, 1.165) is 0 Å². The zero-order valence-electron chi connectivity index (χ0n) is 12.4. The topological polar surface area (TPSA) is 81.0 Å². The number of piperidine rings is 1. The smallest absolute Gasteiger partial charge is 0.254 e. The Morgan fingerprint density at radius 2 is 1.95 bits per heavy atom. The van der Waals surface area contributed by atoms with Crippen LogP contribution in [0.15, 0.2) is 23.0 Å². The molecule has 1 aromatic rings. The second-order valence-electron chi connectivity index (χ2n) is 5.51. The molecule has 120 valence electrons. The number of ether oxygens (including phenoxy) is 2. The standard InChI is InChI=1S/C15H20N2O5/c18-13(1-5-16-14(19)12-2-8-20-11-12)17-6-3-15(4-7-17)21-9-10-22-15/h2,8,11H,1,3-7,9-10H2,(H,16,19). The predicted octanol–water partition coefficient (Wildman–Crippen LogP) is 0.765. The van der Waals surface area contributed by atoms with Crippen LogP contribution in [0.5, 0.6) is 0 Å². The fourth-order valence-corrected chi connectivity index (χ4v) is 2.82. The second-order valence-corrected chi connectivity index (χ2v) is 5.51. The minimum Gasteiger partial charge on any atom is -0.472 e. The van der Waals surface area contributed by atoms with E-state index in [9.17, 15) is 9.59 Å². The molecule has 2 aliphatic rings. The van der Waals surface area contributed by atoms with Crippen molar-refractivity contribution in [2.24, 2.45) is 0 Å². The SMILES string of the molecule is O=C(NCCC(=O)N1CCC2(CC1)OCCO2)c1ccoc1. The third-order valence-electron chi connectivity index (χ3n) is 4.10. The van der Waals surface area contributed by atoms with E-state index in [-0.39, 0.29) is 18.2 Å². The van der Waals surface area contributed by atoms with Gasteiger partial charge in [-0.3, -0.25) is 9.59 Å². The molecule has 0 aromatic carbocycles. The Bertz CT molecular complexity index is 512. The number of nitrogens with zero attached hydrogens (tertiary/aromatic N) is 1. The minimum absolute atomic E-state index is 0.0420. The van der Waals surface area contributed by atoms with Gasteiger partial charge in [0.25, 0.3) is 5.91 Å². The molecule has 2 fully saturated rings. The molecule has 3 heterocycles. The van der Waals surface area contributed by atoms with Crippen molar-refractivity contribution in [3.8, 4) is 0 Å². The molecular weight excluding hydrogens is 288 g/mol. The molecule has 3 rings (SSSR count). The highest BCUT2D eigenvalue weighted by molar-refractivity contribution is 5.94. The van der Waals surface area contributed by atoms with Crippen LogP contribution in [-0.4, -0.2) is 55.3 Å². The summed E-state index contributed by atoms with van der Waals surface area (Å²) in [6.07, 6.45) is 4.53. The van der Waals surface area contributed by atoms with Crippen molar-refractivity contribution in [1.29, 1.82) is 0 Å². The van der Waals surface area contributed by atoms with Gasteiger partial charge in [-0.05, 0) is 6.07 Å². The summed E-state index contributed by atoms with van der Waals surface area (Å²) in [5.41, 5.74) is 0.461. The molecule has 2 saturated heterocycles. The second kappa shape index (κ2) is 6.50. The maximum absolute atomic E-state index is 12.1. The van der Waals surface area contributed by atoms with Crippen LogP contribution in [0.25, 0.3) is 0 Å². The summed E-state index contributed by atoms with van der Waals surface area (Å²) in [7, 11) is 0. The van der Waals surface area contributed by atoms with E-state index in [1.807, 2.05) is 0 Å². The van der Waals surface area contributed by atoms with Gasteiger partial charge in [0, 0.05) is 38.9 Å². The molecule has 0 bridgehead atoms. The summed E-state index contributed by atoms with van der Waals surface area (Å²) in [4.78, 5) is 25.7. The van der Waals surface area contributed by atoms with E-state index < -0.39 is 5.79 Å². The van der Waals surface area contributed by atoms with Crippen LogP contribution < -0.4 is 5.32 Å². The van der Waals surface area contributed by atoms with Crippen molar-refractivity contribution in [1.82, 2.24) is 10.2 Å². The van der Waals surface area contributed by atoms with Gasteiger partial charge in [-0.25, -0.2) is 0 Å². The van der Waals surface area contributed by atoms with Gasteiger partial charge < -0.3 is 24.1 Å². The number of rotatable bonds is 4. The lowest BCUT2D eigenvalue weighted by Gasteiger charge is -2.37. The summed E-state index contributed by atoms with van der Waals surface area (Å²) in [6, 6.07) is 1.59. The van der Waals surface area contributed by atoms with Gasteiger partial charge in [-0.2, -0.15) is 0 Å². The van der Waals surface area contributed by atoms with Crippen molar-refractivity contribution < 1.29 is 23.5 Å². The third-order valence-corrected chi connectivity index (χ3v) is 4.10. The highest BCUT2D eigenvalue weighted by Crippen LogP contribution is 2.31. The van der Waals surface area contributed by atoms with Gasteiger partial charge in [0.15, 0.2) is 5.79 Å². The number of hydrogen-bond acceptors (Lipinski definition) is 5. The Labute approximate surface area is 128 Å². The molecular formula is C15H20N2O5. The van der Waals surface area contributed by atoms with Gasteiger partial charge in [0.2, 0.25) is 5.91 Å². The Morgan fingerprint density at radius 1 is 1.23 bits per heavy atom. The first kappa shape index (κ1) is 15.1. The van der Waals surface area contributed by atoms with Gasteiger partial charge in [-0.15, -0.1) is 0 Å². The minimum atomic E-state index is -0.466. The van der Waals surface area contributed by atoms with Crippen LogP contribution >= 0.6 is 0 Å². The number of amides is 2. The zero-order chi connectivity index (χ0) is 15.4.